The van der Waals surface area contributed by atoms with Crippen molar-refractivity contribution in [2.75, 3.05) is 26.2 Å². The lowest BCUT2D eigenvalue weighted by Gasteiger charge is -2.13. The highest BCUT2D eigenvalue weighted by atomic mass is 35.5. The molecule has 2 nitrogen and oxygen atoms in total. The summed E-state index contributed by atoms with van der Waals surface area (Å²) in [4.78, 5) is 1.73. The van der Waals surface area contributed by atoms with E-state index in [4.69, 9.17) is 16.3 Å². The van der Waals surface area contributed by atoms with Crippen molar-refractivity contribution in [3.8, 4) is 5.75 Å². The Morgan fingerprint density at radius 1 is 1.29 bits per heavy atom. The highest BCUT2D eigenvalue weighted by Crippen LogP contribution is 2.27. The highest BCUT2D eigenvalue weighted by Gasteiger charge is 2.14. The maximum atomic E-state index is 6.11. The molecular weight excluding hydrogens is 234 g/mol. The van der Waals surface area contributed by atoms with Gasteiger partial charge < -0.3 is 9.64 Å². The van der Waals surface area contributed by atoms with E-state index in [1.165, 1.54) is 32.5 Å². The lowest BCUT2D eigenvalue weighted by molar-refractivity contribution is -0.887. The number of hydrogen-bond acceptors (Lipinski definition) is 1. The number of nitrogens with one attached hydrogen (secondary N) is 1. The number of ether oxygens (including phenoxy) is 1. The Morgan fingerprint density at radius 2 is 2.06 bits per heavy atom. The van der Waals surface area contributed by atoms with Gasteiger partial charge in [-0.2, -0.15) is 0 Å². The summed E-state index contributed by atoms with van der Waals surface area (Å²) >= 11 is 6.11. The van der Waals surface area contributed by atoms with Crippen LogP contribution >= 0.6 is 11.6 Å². The van der Waals surface area contributed by atoms with Gasteiger partial charge in [-0.25, -0.2) is 0 Å². The average Bonchev–Trinajstić information content (AvgIpc) is 2.80. The standard InChI is InChI=1S/C14H20ClNO/c1-12-6-4-7-13(15)14(12)17-11-5-10-16-8-2-3-9-16/h4,6-7H,2-3,5,8-11H2,1H3/p+1. The Labute approximate surface area is 109 Å². The molecule has 94 valence electrons. The molecule has 0 unspecified atom stereocenters. The van der Waals surface area contributed by atoms with E-state index < -0.39 is 0 Å². The van der Waals surface area contributed by atoms with Crippen molar-refractivity contribution in [1.29, 1.82) is 0 Å². The minimum Gasteiger partial charge on any atom is -0.492 e. The van der Waals surface area contributed by atoms with Crippen LogP contribution in [0.15, 0.2) is 18.2 Å². The van der Waals surface area contributed by atoms with Gasteiger partial charge in [0.2, 0.25) is 0 Å². The number of hydrogen-bond donors (Lipinski definition) is 1. The van der Waals surface area contributed by atoms with Gasteiger partial charge in [-0.15, -0.1) is 0 Å². The zero-order valence-electron chi connectivity index (χ0n) is 10.5. The average molecular weight is 255 g/mol. The molecule has 0 amide bonds. The topological polar surface area (TPSA) is 13.7 Å². The normalized spacial score (nSPS) is 16.4. The van der Waals surface area contributed by atoms with Gasteiger partial charge in [-0.3, -0.25) is 0 Å². The summed E-state index contributed by atoms with van der Waals surface area (Å²) < 4.78 is 5.78. The molecule has 3 heteroatoms. The first-order chi connectivity index (χ1) is 8.27. The predicted molar refractivity (Wildman–Crippen MR) is 71.1 cm³/mol. The van der Waals surface area contributed by atoms with Crippen LogP contribution in [-0.4, -0.2) is 26.2 Å². The number of likely N-dealkylation sites (tertiary alicyclic amines) is 1. The Hall–Kier alpha value is -0.730. The van der Waals surface area contributed by atoms with Gasteiger partial charge in [0.25, 0.3) is 0 Å². The Bertz CT molecular complexity index is 341. The number of halogens is 1. The number of para-hydroxylation sites is 1. The Kier molecular flexibility index (Phi) is 4.69. The molecule has 1 fully saturated rings. The Balaban J connectivity index is 1.74. The number of rotatable bonds is 5. The highest BCUT2D eigenvalue weighted by molar-refractivity contribution is 6.32. The number of aryl methyl sites for hydroxylation is 1. The van der Waals surface area contributed by atoms with Gasteiger partial charge >= 0.3 is 0 Å². The van der Waals surface area contributed by atoms with Crippen molar-refractivity contribution < 1.29 is 9.64 Å². The minimum atomic E-state index is 0.721. The second-order valence-corrected chi connectivity index (χ2v) is 5.20. The van der Waals surface area contributed by atoms with Gasteiger partial charge in [0.15, 0.2) is 0 Å². The lowest BCUT2D eigenvalue weighted by atomic mass is 10.2. The molecule has 0 aromatic heterocycles. The fourth-order valence-corrected chi connectivity index (χ4v) is 2.70. The third-order valence-electron chi connectivity index (χ3n) is 3.40. The van der Waals surface area contributed by atoms with Crippen LogP contribution in [0.3, 0.4) is 0 Å². The molecule has 0 aliphatic carbocycles. The third kappa shape index (κ3) is 3.62. The first-order valence-electron chi connectivity index (χ1n) is 6.49. The van der Waals surface area contributed by atoms with Crippen LogP contribution in [0.1, 0.15) is 24.8 Å². The van der Waals surface area contributed by atoms with Crippen molar-refractivity contribution in [2.24, 2.45) is 0 Å². The molecule has 1 aromatic carbocycles. The van der Waals surface area contributed by atoms with E-state index in [-0.39, 0.29) is 0 Å². The van der Waals surface area contributed by atoms with E-state index >= 15 is 0 Å². The molecule has 0 saturated carbocycles. The maximum absolute atomic E-state index is 6.11. The second-order valence-electron chi connectivity index (χ2n) is 4.79. The summed E-state index contributed by atoms with van der Waals surface area (Å²) in [6.45, 7) is 6.71. The summed E-state index contributed by atoms with van der Waals surface area (Å²) in [6.07, 6.45) is 3.89. The summed E-state index contributed by atoms with van der Waals surface area (Å²) in [6, 6.07) is 5.88. The van der Waals surface area contributed by atoms with Crippen molar-refractivity contribution in [2.45, 2.75) is 26.2 Å². The first-order valence-corrected chi connectivity index (χ1v) is 6.86. The van der Waals surface area contributed by atoms with Gasteiger partial charge in [-0.05, 0) is 18.6 Å². The molecule has 1 aliphatic rings. The zero-order chi connectivity index (χ0) is 12.1. The smallest absolute Gasteiger partial charge is 0.140 e. The zero-order valence-corrected chi connectivity index (χ0v) is 11.2. The number of benzene rings is 1. The van der Waals surface area contributed by atoms with Gasteiger partial charge in [0, 0.05) is 19.3 Å². The molecule has 0 radical (unpaired) electrons. The molecule has 0 atom stereocenters. The van der Waals surface area contributed by atoms with E-state index in [2.05, 4.69) is 0 Å². The molecule has 1 saturated heterocycles. The van der Waals surface area contributed by atoms with Crippen LogP contribution in [0.2, 0.25) is 5.02 Å². The van der Waals surface area contributed by atoms with Crippen LogP contribution < -0.4 is 9.64 Å². The molecule has 0 bridgehead atoms. The monoisotopic (exact) mass is 254 g/mol. The molecule has 1 aromatic rings. The Morgan fingerprint density at radius 3 is 2.76 bits per heavy atom. The van der Waals surface area contributed by atoms with E-state index in [1.807, 2.05) is 25.1 Å². The van der Waals surface area contributed by atoms with Crippen molar-refractivity contribution >= 4 is 11.6 Å². The van der Waals surface area contributed by atoms with Crippen LogP contribution in [0, 0.1) is 6.92 Å². The summed E-state index contributed by atoms with van der Waals surface area (Å²) in [5.41, 5.74) is 1.12. The fraction of sp³-hybridized carbons (Fsp3) is 0.571. The SMILES string of the molecule is Cc1cccc(Cl)c1OCCC[NH+]1CCCC1. The molecule has 17 heavy (non-hydrogen) atoms. The van der Waals surface area contributed by atoms with E-state index in [9.17, 15) is 0 Å². The molecule has 0 spiro atoms. The number of quaternary nitrogens is 1. The van der Waals surface area contributed by atoms with Crippen molar-refractivity contribution in [1.82, 2.24) is 0 Å². The summed E-state index contributed by atoms with van der Waals surface area (Å²) in [5, 5.41) is 0.721. The third-order valence-corrected chi connectivity index (χ3v) is 3.69. The van der Waals surface area contributed by atoms with Gasteiger partial charge in [-0.1, -0.05) is 23.7 Å². The summed E-state index contributed by atoms with van der Waals surface area (Å²) in [5.74, 6) is 0.852. The van der Waals surface area contributed by atoms with E-state index in [0.29, 0.717) is 0 Å². The predicted octanol–water partition coefficient (Wildman–Crippen LogP) is 2.10. The van der Waals surface area contributed by atoms with Crippen molar-refractivity contribution in [3.05, 3.63) is 28.8 Å². The fourth-order valence-electron chi connectivity index (χ4n) is 2.42. The molecule has 2 rings (SSSR count). The van der Waals surface area contributed by atoms with Crippen LogP contribution in [0.25, 0.3) is 0 Å². The quantitative estimate of drug-likeness (QED) is 0.795. The summed E-state index contributed by atoms with van der Waals surface area (Å²) in [7, 11) is 0. The van der Waals surface area contributed by atoms with Crippen LogP contribution in [-0.2, 0) is 0 Å². The first kappa shape index (κ1) is 12.7. The largest absolute Gasteiger partial charge is 0.492 e. The minimum absolute atomic E-state index is 0.721. The second kappa shape index (κ2) is 6.27. The molecular formula is C14H21ClNO+. The molecule has 1 aliphatic heterocycles. The van der Waals surface area contributed by atoms with E-state index in [0.717, 1.165) is 29.4 Å². The van der Waals surface area contributed by atoms with E-state index in [1.54, 1.807) is 4.90 Å². The molecule has 1 heterocycles. The van der Waals surface area contributed by atoms with Crippen LogP contribution in [0.4, 0.5) is 0 Å². The van der Waals surface area contributed by atoms with Crippen LogP contribution in [0.5, 0.6) is 5.75 Å². The van der Waals surface area contributed by atoms with Gasteiger partial charge in [0.05, 0.1) is 31.3 Å². The van der Waals surface area contributed by atoms with Gasteiger partial charge in [0.1, 0.15) is 5.75 Å². The van der Waals surface area contributed by atoms with Crippen molar-refractivity contribution in [3.63, 3.8) is 0 Å². The lowest BCUT2D eigenvalue weighted by Crippen LogP contribution is -3.10. The maximum Gasteiger partial charge on any atom is 0.140 e. The molecule has 1 N–H and O–H groups in total.